The number of hydrazine groups is 2. The highest BCUT2D eigenvalue weighted by Crippen LogP contribution is 2.01. The maximum absolute atomic E-state index is 11.5. The summed E-state index contributed by atoms with van der Waals surface area (Å²) < 4.78 is 5.10. The van der Waals surface area contributed by atoms with Crippen LogP contribution < -0.4 is 22.1 Å². The maximum atomic E-state index is 11.5. The minimum atomic E-state index is -4.02. The molecule has 0 aliphatic rings. The Labute approximate surface area is 141 Å². The molecule has 0 heterocycles. The summed E-state index contributed by atoms with van der Waals surface area (Å²) >= 11 is 0. The van der Waals surface area contributed by atoms with Crippen molar-refractivity contribution in [1.29, 1.82) is 0 Å². The molecule has 0 saturated heterocycles. The predicted molar refractivity (Wildman–Crippen MR) is 85.6 cm³/mol. The minimum Gasteiger partial charge on any atom is -0.390 e. The third-order valence-corrected chi connectivity index (χ3v) is 3.92. The van der Waals surface area contributed by atoms with Crippen LogP contribution in [0.4, 0.5) is 0 Å². The Kier molecular flexibility index (Phi) is 12.6. The Bertz CT molecular complexity index is 368. The van der Waals surface area contributed by atoms with Crippen molar-refractivity contribution in [3.63, 3.8) is 0 Å². The average molecular weight is 368 g/mol. The summed E-state index contributed by atoms with van der Waals surface area (Å²) in [7, 11) is -4.02. The van der Waals surface area contributed by atoms with Crippen LogP contribution in [0.1, 0.15) is 32.1 Å². The molecule has 12 heteroatoms. The second kappa shape index (κ2) is 13.2. The molecule has 0 aliphatic heterocycles. The smallest absolute Gasteiger partial charge is 0.390 e. The number of rotatable bonds is 14. The molecule has 0 bridgehead atoms. The fourth-order valence-electron chi connectivity index (χ4n) is 1.66. The third-order valence-electron chi connectivity index (χ3n) is 2.90. The number of aliphatic hydroxyl groups excluding tert-OH is 1. The molecular weight excluding hydrogens is 340 g/mol. The van der Waals surface area contributed by atoms with Crippen LogP contribution in [0, 0.1) is 0 Å². The number of carbonyl (C=O) groups excluding carboxylic acids is 2. The number of ether oxygens (including phenoxy) is 1. The highest BCUT2D eigenvalue weighted by Gasteiger charge is 2.25. The number of amides is 2. The SMILES string of the molecule is NNC(=O)CCCCC(=O)NNCC(O)COCCC[Si](O)(O)O. The molecule has 11 nitrogen and oxygen atoms in total. The van der Waals surface area contributed by atoms with Gasteiger partial charge in [-0.2, -0.15) is 0 Å². The lowest BCUT2D eigenvalue weighted by molar-refractivity contribution is -0.123. The van der Waals surface area contributed by atoms with Crippen molar-refractivity contribution >= 4 is 20.6 Å². The van der Waals surface area contributed by atoms with Crippen LogP contribution in [0.5, 0.6) is 0 Å². The lowest BCUT2D eigenvalue weighted by atomic mass is 10.2. The number of hydrogen-bond donors (Lipinski definition) is 8. The van der Waals surface area contributed by atoms with E-state index < -0.39 is 14.9 Å². The summed E-state index contributed by atoms with van der Waals surface area (Å²) in [6.07, 6.45) is 1.02. The van der Waals surface area contributed by atoms with Gasteiger partial charge in [-0.15, -0.1) is 0 Å². The molecule has 0 spiro atoms. The molecule has 0 aliphatic carbocycles. The van der Waals surface area contributed by atoms with Crippen LogP contribution in [0.3, 0.4) is 0 Å². The quantitative estimate of drug-likeness (QED) is 0.0515. The zero-order valence-corrected chi connectivity index (χ0v) is 14.5. The van der Waals surface area contributed by atoms with Crippen molar-refractivity contribution in [2.24, 2.45) is 5.84 Å². The van der Waals surface area contributed by atoms with E-state index in [0.717, 1.165) is 0 Å². The topological polar surface area (TPSA) is 186 Å². The van der Waals surface area contributed by atoms with Gasteiger partial charge in [0.25, 0.3) is 0 Å². The summed E-state index contributed by atoms with van der Waals surface area (Å²) in [4.78, 5) is 48.7. The van der Waals surface area contributed by atoms with Crippen LogP contribution in [-0.2, 0) is 14.3 Å². The average Bonchev–Trinajstić information content (AvgIpc) is 2.49. The van der Waals surface area contributed by atoms with Gasteiger partial charge in [0.05, 0.1) is 12.7 Å². The van der Waals surface area contributed by atoms with Gasteiger partial charge >= 0.3 is 8.80 Å². The van der Waals surface area contributed by atoms with Gasteiger partial charge in [0.2, 0.25) is 11.8 Å². The van der Waals surface area contributed by atoms with Gasteiger partial charge < -0.3 is 24.2 Å². The summed E-state index contributed by atoms with van der Waals surface area (Å²) in [5.74, 6) is 4.39. The minimum absolute atomic E-state index is 0.00785. The fourth-order valence-corrected chi connectivity index (χ4v) is 2.28. The van der Waals surface area contributed by atoms with Crippen molar-refractivity contribution in [3.8, 4) is 0 Å². The Morgan fingerprint density at radius 3 is 2.29 bits per heavy atom. The molecule has 0 aromatic carbocycles. The molecule has 24 heavy (non-hydrogen) atoms. The molecule has 0 radical (unpaired) electrons. The van der Waals surface area contributed by atoms with E-state index in [4.69, 9.17) is 25.0 Å². The summed E-state index contributed by atoms with van der Waals surface area (Å²) in [5.41, 5.74) is 6.99. The van der Waals surface area contributed by atoms with Gasteiger partial charge in [-0.1, -0.05) is 0 Å². The number of nitrogens with two attached hydrogens (primary N) is 1. The fraction of sp³-hybridized carbons (Fsp3) is 0.833. The number of unbranched alkanes of at least 4 members (excludes halogenated alkanes) is 1. The highest BCUT2D eigenvalue weighted by molar-refractivity contribution is 6.56. The summed E-state index contributed by atoms with van der Waals surface area (Å²) in [6, 6.07) is -0.121. The van der Waals surface area contributed by atoms with Crippen molar-refractivity contribution in [2.45, 2.75) is 44.3 Å². The van der Waals surface area contributed by atoms with Crippen LogP contribution in [-0.4, -0.2) is 66.0 Å². The first-order chi connectivity index (χ1) is 11.2. The summed E-state index contributed by atoms with van der Waals surface area (Å²) in [5, 5.41) is 9.59. The Morgan fingerprint density at radius 2 is 1.71 bits per heavy atom. The van der Waals surface area contributed by atoms with Gasteiger partial charge in [-0.25, -0.2) is 11.3 Å². The Hall–Kier alpha value is -1.12. The van der Waals surface area contributed by atoms with E-state index in [1.807, 2.05) is 5.43 Å². The van der Waals surface area contributed by atoms with E-state index in [1.54, 1.807) is 0 Å². The molecule has 0 aromatic heterocycles. The molecule has 0 fully saturated rings. The van der Waals surface area contributed by atoms with Crippen molar-refractivity contribution < 1.29 is 33.8 Å². The van der Waals surface area contributed by atoms with Crippen molar-refractivity contribution in [1.82, 2.24) is 16.3 Å². The van der Waals surface area contributed by atoms with E-state index >= 15 is 0 Å². The number of aliphatic hydroxyl groups is 1. The second-order valence-corrected chi connectivity index (χ2v) is 7.36. The van der Waals surface area contributed by atoms with E-state index in [-0.39, 0.29) is 56.9 Å². The third kappa shape index (κ3) is 15.8. The number of nitrogens with one attached hydrogen (secondary N) is 3. The molecule has 0 rings (SSSR count). The van der Waals surface area contributed by atoms with Gasteiger partial charge in [0.1, 0.15) is 0 Å². The van der Waals surface area contributed by atoms with Gasteiger partial charge in [0.15, 0.2) is 0 Å². The largest absolute Gasteiger partial charge is 0.492 e. The van der Waals surface area contributed by atoms with Gasteiger partial charge in [-0.3, -0.25) is 20.4 Å². The zero-order chi connectivity index (χ0) is 18.4. The second-order valence-electron chi connectivity index (χ2n) is 5.31. The van der Waals surface area contributed by atoms with Crippen LogP contribution in [0.15, 0.2) is 0 Å². The first-order valence-corrected chi connectivity index (χ1v) is 9.73. The van der Waals surface area contributed by atoms with Crippen LogP contribution in [0.2, 0.25) is 6.04 Å². The highest BCUT2D eigenvalue weighted by atomic mass is 28.4. The van der Waals surface area contributed by atoms with E-state index in [1.165, 1.54) is 0 Å². The zero-order valence-electron chi connectivity index (χ0n) is 13.5. The first kappa shape index (κ1) is 22.9. The van der Waals surface area contributed by atoms with Crippen molar-refractivity contribution in [3.05, 3.63) is 0 Å². The maximum Gasteiger partial charge on any atom is 0.492 e. The number of hydrogen-bond acceptors (Lipinski definition) is 9. The van der Waals surface area contributed by atoms with E-state index in [9.17, 15) is 14.7 Å². The van der Waals surface area contributed by atoms with Crippen LogP contribution in [0.25, 0.3) is 0 Å². The molecular formula is C12H28N4O7Si. The molecule has 1 unspecified atom stereocenters. The van der Waals surface area contributed by atoms with E-state index in [0.29, 0.717) is 12.8 Å². The normalized spacial score (nSPS) is 12.7. The lowest BCUT2D eigenvalue weighted by Crippen LogP contribution is -2.42. The monoisotopic (exact) mass is 368 g/mol. The van der Waals surface area contributed by atoms with Crippen LogP contribution >= 0.6 is 0 Å². The van der Waals surface area contributed by atoms with Gasteiger partial charge in [0, 0.05) is 32.0 Å². The lowest BCUT2D eigenvalue weighted by Gasteiger charge is -2.14. The molecule has 0 aromatic rings. The van der Waals surface area contributed by atoms with E-state index in [2.05, 4.69) is 10.9 Å². The molecule has 142 valence electrons. The molecule has 9 N–H and O–H groups in total. The van der Waals surface area contributed by atoms with Crippen molar-refractivity contribution in [2.75, 3.05) is 19.8 Å². The Morgan fingerprint density at radius 1 is 1.08 bits per heavy atom. The molecule has 2 amide bonds. The Balaban J connectivity index is 3.48. The molecule has 1 atom stereocenters. The first-order valence-electron chi connectivity index (χ1n) is 7.68. The predicted octanol–water partition coefficient (Wildman–Crippen LogP) is -3.16. The number of carbonyl (C=O) groups is 2. The molecule has 0 saturated carbocycles. The standard InChI is InChI=1S/C12H28N4O7Si/c13-15-11(18)4-1-2-5-12(19)16-14-8-10(17)9-23-6-3-7-24(20,21)22/h10,14,17,20-22H,1-9,13H2,(H,15,18)(H,16,19). The van der Waals surface area contributed by atoms with Gasteiger partial charge in [-0.05, 0) is 19.3 Å². The summed E-state index contributed by atoms with van der Waals surface area (Å²) in [6.45, 7) is 0.268.